The maximum Gasteiger partial charge on any atom is 0.265 e. The van der Waals surface area contributed by atoms with E-state index in [-0.39, 0.29) is 5.91 Å². The molecular weight excluding hydrogens is 362 g/mol. The highest BCUT2D eigenvalue weighted by atomic mass is 32.1. The number of ether oxygens (including phenoxy) is 2. The Morgan fingerprint density at radius 2 is 1.81 bits per heavy atom. The lowest BCUT2D eigenvalue weighted by molar-refractivity contribution is 0.0789. The smallest absolute Gasteiger partial charge is 0.265 e. The van der Waals surface area contributed by atoms with E-state index in [1.54, 1.807) is 38.6 Å². The Balaban J connectivity index is 1.84. The van der Waals surface area contributed by atoms with Gasteiger partial charge < -0.3 is 14.4 Å². The lowest BCUT2D eigenvalue weighted by atomic mass is 10.2. The van der Waals surface area contributed by atoms with Gasteiger partial charge in [0.15, 0.2) is 11.5 Å². The van der Waals surface area contributed by atoms with Crippen molar-refractivity contribution in [1.29, 1.82) is 0 Å². The van der Waals surface area contributed by atoms with Gasteiger partial charge in [0.25, 0.3) is 5.91 Å². The van der Waals surface area contributed by atoms with Crippen LogP contribution < -0.4 is 9.47 Å². The van der Waals surface area contributed by atoms with Crippen LogP contribution in [-0.2, 0) is 6.54 Å². The van der Waals surface area contributed by atoms with Crippen LogP contribution in [0.25, 0.3) is 10.6 Å². The quantitative estimate of drug-likeness (QED) is 0.648. The molecular formula is C20H21N3O3S. The largest absolute Gasteiger partial charge is 0.493 e. The van der Waals surface area contributed by atoms with E-state index in [2.05, 4.69) is 9.97 Å². The van der Waals surface area contributed by atoms with Crippen LogP contribution in [0.1, 0.15) is 20.9 Å². The number of hydrogen-bond acceptors (Lipinski definition) is 6. The summed E-state index contributed by atoms with van der Waals surface area (Å²) >= 11 is 1.38. The minimum Gasteiger partial charge on any atom is -0.493 e. The first-order valence-electron chi connectivity index (χ1n) is 8.37. The molecule has 0 bridgehead atoms. The summed E-state index contributed by atoms with van der Waals surface area (Å²) in [5, 5.41) is 0.772. The first-order chi connectivity index (χ1) is 13.0. The van der Waals surface area contributed by atoms with Gasteiger partial charge in [-0.25, -0.2) is 4.98 Å². The highest BCUT2D eigenvalue weighted by molar-refractivity contribution is 7.17. The monoisotopic (exact) mass is 383 g/mol. The van der Waals surface area contributed by atoms with Gasteiger partial charge >= 0.3 is 0 Å². The molecule has 2 heterocycles. The van der Waals surface area contributed by atoms with Gasteiger partial charge in [-0.3, -0.25) is 9.78 Å². The zero-order chi connectivity index (χ0) is 19.4. The maximum atomic E-state index is 12.9. The number of carbonyl (C=O) groups excluding carboxylic acids is 1. The summed E-state index contributed by atoms with van der Waals surface area (Å²) in [5.74, 6) is 1.24. The second-order valence-electron chi connectivity index (χ2n) is 6.02. The molecule has 6 nitrogen and oxygen atoms in total. The third kappa shape index (κ3) is 4.09. The second kappa shape index (κ2) is 8.18. The topological polar surface area (TPSA) is 64.5 Å². The molecule has 3 aromatic rings. The maximum absolute atomic E-state index is 12.9. The minimum atomic E-state index is -0.0476. The Morgan fingerprint density at radius 3 is 2.48 bits per heavy atom. The number of aryl methyl sites for hydroxylation is 1. The van der Waals surface area contributed by atoms with Crippen molar-refractivity contribution in [3.63, 3.8) is 0 Å². The Labute approximate surface area is 162 Å². The number of aromatic nitrogens is 2. The summed E-state index contributed by atoms with van der Waals surface area (Å²) in [5.41, 5.74) is 2.64. The molecule has 1 aromatic carbocycles. The SMILES string of the molecule is COc1ccc(-c2nc(C)c(C(=O)N(C)Cc3ccncc3)s2)cc1OC. The van der Waals surface area contributed by atoms with E-state index in [1.807, 2.05) is 37.3 Å². The van der Waals surface area contributed by atoms with E-state index in [0.29, 0.717) is 22.9 Å². The average Bonchev–Trinajstić information content (AvgIpc) is 3.09. The lowest BCUT2D eigenvalue weighted by Crippen LogP contribution is -2.26. The fraction of sp³-hybridized carbons (Fsp3) is 0.250. The zero-order valence-electron chi connectivity index (χ0n) is 15.7. The van der Waals surface area contributed by atoms with Crippen LogP contribution in [-0.4, -0.2) is 42.0 Å². The number of amides is 1. The molecule has 0 spiro atoms. The van der Waals surface area contributed by atoms with Gasteiger partial charge in [-0.05, 0) is 42.8 Å². The van der Waals surface area contributed by atoms with Gasteiger partial charge in [0, 0.05) is 31.5 Å². The summed E-state index contributed by atoms with van der Waals surface area (Å²) in [6.45, 7) is 2.37. The van der Waals surface area contributed by atoms with E-state index in [1.165, 1.54) is 11.3 Å². The normalized spacial score (nSPS) is 10.5. The first kappa shape index (κ1) is 18.8. The molecule has 0 N–H and O–H groups in total. The summed E-state index contributed by atoms with van der Waals surface area (Å²) in [4.78, 5) is 23.8. The Kier molecular flexibility index (Phi) is 5.71. The average molecular weight is 383 g/mol. The van der Waals surface area contributed by atoms with Gasteiger partial charge in [0.05, 0.1) is 19.9 Å². The molecule has 0 fully saturated rings. The van der Waals surface area contributed by atoms with Gasteiger partial charge in [-0.2, -0.15) is 0 Å². The fourth-order valence-corrected chi connectivity index (χ4v) is 3.75. The predicted octanol–water partition coefficient (Wildman–Crippen LogP) is 3.80. The highest BCUT2D eigenvalue weighted by Gasteiger charge is 2.20. The summed E-state index contributed by atoms with van der Waals surface area (Å²) in [6.07, 6.45) is 3.45. The molecule has 0 saturated carbocycles. The number of thiazole rings is 1. The molecule has 0 aliphatic heterocycles. The second-order valence-corrected chi connectivity index (χ2v) is 7.02. The molecule has 2 aromatic heterocycles. The van der Waals surface area contributed by atoms with Crippen molar-refractivity contribution in [2.24, 2.45) is 0 Å². The van der Waals surface area contributed by atoms with E-state index >= 15 is 0 Å². The number of hydrogen-bond donors (Lipinski definition) is 0. The van der Waals surface area contributed by atoms with Crippen LogP contribution in [0.5, 0.6) is 11.5 Å². The van der Waals surface area contributed by atoms with Crippen LogP contribution >= 0.6 is 11.3 Å². The van der Waals surface area contributed by atoms with Crippen LogP contribution in [0.4, 0.5) is 0 Å². The summed E-state index contributed by atoms with van der Waals surface area (Å²) < 4.78 is 10.6. The zero-order valence-corrected chi connectivity index (χ0v) is 16.5. The number of benzene rings is 1. The molecule has 0 saturated heterocycles. The summed E-state index contributed by atoms with van der Waals surface area (Å²) in [6, 6.07) is 9.42. The standard InChI is InChI=1S/C20H21N3O3S/c1-13-18(20(24)23(2)12-14-7-9-21-10-8-14)27-19(22-13)15-5-6-16(25-3)17(11-15)26-4/h5-11H,12H2,1-4H3. The Bertz CT molecular complexity index is 941. The van der Waals surface area contributed by atoms with Crippen molar-refractivity contribution in [2.45, 2.75) is 13.5 Å². The van der Waals surface area contributed by atoms with Crippen molar-refractivity contribution in [3.05, 3.63) is 58.9 Å². The highest BCUT2D eigenvalue weighted by Crippen LogP contribution is 2.35. The van der Waals surface area contributed by atoms with Crippen molar-refractivity contribution < 1.29 is 14.3 Å². The lowest BCUT2D eigenvalue weighted by Gasteiger charge is -2.16. The van der Waals surface area contributed by atoms with Crippen LogP contribution in [0.2, 0.25) is 0 Å². The van der Waals surface area contributed by atoms with Crippen molar-refractivity contribution in [1.82, 2.24) is 14.9 Å². The molecule has 0 unspecified atom stereocenters. The predicted molar refractivity (Wildman–Crippen MR) is 105 cm³/mol. The molecule has 0 aliphatic carbocycles. The third-order valence-corrected chi connectivity index (χ3v) is 5.33. The molecule has 140 valence electrons. The minimum absolute atomic E-state index is 0.0476. The fourth-order valence-electron chi connectivity index (χ4n) is 2.69. The van der Waals surface area contributed by atoms with Gasteiger partial charge in [-0.1, -0.05) is 0 Å². The van der Waals surface area contributed by atoms with Crippen molar-refractivity contribution in [3.8, 4) is 22.1 Å². The van der Waals surface area contributed by atoms with Crippen molar-refractivity contribution >= 4 is 17.2 Å². The number of carbonyl (C=O) groups is 1. The van der Waals surface area contributed by atoms with E-state index in [0.717, 1.165) is 21.8 Å². The number of nitrogens with zero attached hydrogens (tertiary/aromatic N) is 3. The molecule has 0 aliphatic rings. The Hall–Kier alpha value is -2.93. The molecule has 0 radical (unpaired) electrons. The van der Waals surface area contributed by atoms with Crippen LogP contribution in [0.15, 0.2) is 42.7 Å². The van der Waals surface area contributed by atoms with E-state index in [4.69, 9.17) is 9.47 Å². The van der Waals surface area contributed by atoms with E-state index in [9.17, 15) is 4.79 Å². The molecule has 7 heteroatoms. The molecule has 1 amide bonds. The third-order valence-electron chi connectivity index (χ3n) is 4.14. The van der Waals surface area contributed by atoms with E-state index < -0.39 is 0 Å². The Morgan fingerprint density at radius 1 is 1.11 bits per heavy atom. The van der Waals surface area contributed by atoms with Crippen LogP contribution in [0.3, 0.4) is 0 Å². The van der Waals surface area contributed by atoms with Gasteiger partial charge in [0.1, 0.15) is 9.88 Å². The molecule has 27 heavy (non-hydrogen) atoms. The summed E-state index contributed by atoms with van der Waals surface area (Å²) in [7, 11) is 4.98. The number of methoxy groups -OCH3 is 2. The van der Waals surface area contributed by atoms with Gasteiger partial charge in [-0.15, -0.1) is 11.3 Å². The number of pyridine rings is 1. The van der Waals surface area contributed by atoms with Crippen molar-refractivity contribution in [2.75, 3.05) is 21.3 Å². The van der Waals surface area contributed by atoms with Gasteiger partial charge in [0.2, 0.25) is 0 Å². The number of rotatable bonds is 6. The first-order valence-corrected chi connectivity index (χ1v) is 9.19. The molecule has 3 rings (SSSR count). The molecule has 0 atom stereocenters. The van der Waals surface area contributed by atoms with Crippen LogP contribution in [0, 0.1) is 6.92 Å².